The number of alkyl carbamates (subject to hydrolysis) is 1. The maximum atomic E-state index is 11.7. The van der Waals surface area contributed by atoms with Crippen LogP contribution in [-0.2, 0) is 4.74 Å². The van der Waals surface area contributed by atoms with E-state index >= 15 is 0 Å². The van der Waals surface area contributed by atoms with Crippen LogP contribution >= 0.6 is 0 Å². The van der Waals surface area contributed by atoms with Crippen molar-refractivity contribution in [2.24, 2.45) is 0 Å². The number of hydrogen-bond donors (Lipinski definition) is 2. The van der Waals surface area contributed by atoms with E-state index in [-0.39, 0.29) is 12.7 Å². The lowest BCUT2D eigenvalue weighted by Gasteiger charge is -2.20. The molecule has 1 heterocycles. The molecule has 6 nitrogen and oxygen atoms in total. The molecule has 0 saturated heterocycles. The molecular weight excluding hydrogens is 296 g/mol. The number of nitrogens with zero attached hydrogens (tertiary/aromatic N) is 1. The fourth-order valence-electron chi connectivity index (χ4n) is 1.53. The second-order valence-corrected chi connectivity index (χ2v) is 6.10. The summed E-state index contributed by atoms with van der Waals surface area (Å²) in [5.74, 6) is 6.24. The Bertz CT molecular complexity index is 584. The molecule has 0 bridgehead atoms. The summed E-state index contributed by atoms with van der Waals surface area (Å²) in [6, 6.07) is 3.05. The molecule has 0 aliphatic carbocycles. The second-order valence-electron chi connectivity index (χ2n) is 6.10. The number of ether oxygens (including phenoxy) is 2. The van der Waals surface area contributed by atoms with Crippen molar-refractivity contribution in [1.29, 1.82) is 0 Å². The lowest BCUT2D eigenvalue weighted by Crippen LogP contribution is -2.37. The summed E-state index contributed by atoms with van der Waals surface area (Å²) in [5.41, 5.74) is -0.106. The molecule has 0 saturated carbocycles. The molecule has 0 aromatic carbocycles. The Labute approximate surface area is 137 Å². The SMILES string of the molecule is C[C@H](C#Cc1ncccc1O[C@H](C)CO)NC(=O)OC(C)(C)C. The maximum Gasteiger partial charge on any atom is 0.408 e. The van der Waals surface area contributed by atoms with Gasteiger partial charge in [-0.1, -0.05) is 5.92 Å². The van der Waals surface area contributed by atoms with E-state index in [1.165, 1.54) is 0 Å². The summed E-state index contributed by atoms with van der Waals surface area (Å²) in [6.07, 6.45) is 0.731. The molecule has 0 spiro atoms. The van der Waals surface area contributed by atoms with Gasteiger partial charge in [0.1, 0.15) is 11.7 Å². The predicted octanol–water partition coefficient (Wildman–Crippen LogP) is 2.11. The van der Waals surface area contributed by atoms with Gasteiger partial charge in [-0.2, -0.15) is 0 Å². The normalized spacial score (nSPS) is 13.3. The summed E-state index contributed by atoms with van der Waals surface area (Å²) in [6.45, 7) is 8.78. The molecule has 1 aromatic rings. The lowest BCUT2D eigenvalue weighted by atomic mass is 10.2. The third kappa shape index (κ3) is 7.52. The van der Waals surface area contributed by atoms with Gasteiger partial charge in [0, 0.05) is 6.20 Å². The van der Waals surface area contributed by atoms with E-state index in [1.54, 1.807) is 52.9 Å². The topological polar surface area (TPSA) is 80.7 Å². The first-order valence-electron chi connectivity index (χ1n) is 7.45. The van der Waals surface area contributed by atoms with Gasteiger partial charge in [0.05, 0.1) is 12.6 Å². The standard InChI is InChI=1S/C17H24N2O4/c1-12(19-16(21)23-17(3,4)5)8-9-14-15(7-6-10-18-14)22-13(2)11-20/h6-7,10,12-13,20H,11H2,1-5H3,(H,19,21)/t12-,13-/m1/s1. The van der Waals surface area contributed by atoms with Crippen LogP contribution in [0.3, 0.4) is 0 Å². The number of aromatic nitrogens is 1. The first-order chi connectivity index (χ1) is 10.7. The third-order valence-corrected chi connectivity index (χ3v) is 2.50. The fourth-order valence-corrected chi connectivity index (χ4v) is 1.53. The molecule has 0 fully saturated rings. The zero-order chi connectivity index (χ0) is 17.5. The average Bonchev–Trinajstić information content (AvgIpc) is 2.44. The Balaban J connectivity index is 2.73. The van der Waals surface area contributed by atoms with Gasteiger partial charge in [0.15, 0.2) is 11.4 Å². The minimum absolute atomic E-state index is 0.0988. The Morgan fingerprint density at radius 3 is 2.74 bits per heavy atom. The highest BCUT2D eigenvalue weighted by Gasteiger charge is 2.17. The summed E-state index contributed by atoms with van der Waals surface area (Å²) in [7, 11) is 0. The molecule has 0 unspecified atom stereocenters. The highest BCUT2D eigenvalue weighted by molar-refractivity contribution is 5.68. The fraction of sp³-hybridized carbons (Fsp3) is 0.529. The number of nitrogens with one attached hydrogen (secondary N) is 1. The molecule has 2 N–H and O–H groups in total. The first kappa shape index (κ1) is 18.8. The van der Waals surface area contributed by atoms with Gasteiger partial charge in [0.2, 0.25) is 0 Å². The molecule has 0 radical (unpaired) electrons. The average molecular weight is 320 g/mol. The molecule has 0 aliphatic heterocycles. The zero-order valence-corrected chi connectivity index (χ0v) is 14.2. The van der Waals surface area contributed by atoms with Gasteiger partial charge >= 0.3 is 6.09 Å². The van der Waals surface area contributed by atoms with Crippen molar-refractivity contribution >= 4 is 6.09 Å². The quantitative estimate of drug-likeness (QED) is 0.831. The number of carbonyl (C=O) groups is 1. The second kappa shape index (κ2) is 8.39. The summed E-state index contributed by atoms with van der Waals surface area (Å²) < 4.78 is 10.7. The van der Waals surface area contributed by atoms with Crippen LogP contribution in [-0.4, -0.2) is 40.5 Å². The molecule has 126 valence electrons. The molecule has 1 aromatic heterocycles. The molecule has 2 atom stereocenters. The van der Waals surface area contributed by atoms with Crippen LogP contribution in [0.2, 0.25) is 0 Å². The van der Waals surface area contributed by atoms with E-state index in [4.69, 9.17) is 14.6 Å². The predicted molar refractivity (Wildman–Crippen MR) is 87.1 cm³/mol. The number of carbonyl (C=O) groups excluding carboxylic acids is 1. The van der Waals surface area contributed by atoms with Crippen LogP contribution < -0.4 is 10.1 Å². The highest BCUT2D eigenvalue weighted by atomic mass is 16.6. The van der Waals surface area contributed by atoms with E-state index in [0.717, 1.165) is 0 Å². The number of aliphatic hydroxyl groups is 1. The molecule has 6 heteroatoms. The molecular formula is C17H24N2O4. The molecule has 23 heavy (non-hydrogen) atoms. The van der Waals surface area contributed by atoms with Crippen LogP contribution in [0.15, 0.2) is 18.3 Å². The lowest BCUT2D eigenvalue weighted by molar-refractivity contribution is 0.0519. The molecule has 0 aliphatic rings. The number of amides is 1. The smallest absolute Gasteiger partial charge is 0.408 e. The number of hydrogen-bond acceptors (Lipinski definition) is 5. The number of pyridine rings is 1. The van der Waals surface area contributed by atoms with Crippen molar-refractivity contribution in [1.82, 2.24) is 10.3 Å². The van der Waals surface area contributed by atoms with Crippen LogP contribution in [0.5, 0.6) is 5.75 Å². The largest absolute Gasteiger partial charge is 0.485 e. The van der Waals surface area contributed by atoms with Crippen LogP contribution in [0.4, 0.5) is 4.79 Å². The zero-order valence-electron chi connectivity index (χ0n) is 14.2. The van der Waals surface area contributed by atoms with E-state index in [1.807, 2.05) is 0 Å². The highest BCUT2D eigenvalue weighted by Crippen LogP contribution is 2.15. The summed E-state index contributed by atoms with van der Waals surface area (Å²) >= 11 is 0. The van der Waals surface area contributed by atoms with Crippen molar-refractivity contribution in [3.05, 3.63) is 24.0 Å². The van der Waals surface area contributed by atoms with Gasteiger partial charge in [-0.05, 0) is 52.7 Å². The Morgan fingerprint density at radius 2 is 2.13 bits per heavy atom. The van der Waals surface area contributed by atoms with E-state index in [9.17, 15) is 4.79 Å². The van der Waals surface area contributed by atoms with Crippen molar-refractivity contribution in [2.75, 3.05) is 6.61 Å². The number of aliphatic hydroxyl groups excluding tert-OH is 1. The van der Waals surface area contributed by atoms with Crippen molar-refractivity contribution in [2.45, 2.75) is 52.4 Å². The first-order valence-corrected chi connectivity index (χ1v) is 7.45. The minimum Gasteiger partial charge on any atom is -0.485 e. The Morgan fingerprint density at radius 1 is 1.43 bits per heavy atom. The van der Waals surface area contributed by atoms with Gasteiger partial charge in [-0.15, -0.1) is 0 Å². The van der Waals surface area contributed by atoms with Crippen molar-refractivity contribution in [3.8, 4) is 17.6 Å². The molecule has 1 rings (SSSR count). The minimum atomic E-state index is -0.556. The van der Waals surface area contributed by atoms with E-state index in [0.29, 0.717) is 11.4 Å². The van der Waals surface area contributed by atoms with Crippen LogP contribution in [0.1, 0.15) is 40.3 Å². The van der Waals surface area contributed by atoms with Gasteiger partial charge in [0.25, 0.3) is 0 Å². The van der Waals surface area contributed by atoms with Crippen molar-refractivity contribution < 1.29 is 19.4 Å². The number of rotatable bonds is 4. The third-order valence-electron chi connectivity index (χ3n) is 2.50. The summed E-state index contributed by atoms with van der Waals surface area (Å²) in [5, 5.41) is 11.7. The van der Waals surface area contributed by atoms with Crippen LogP contribution in [0.25, 0.3) is 0 Å². The van der Waals surface area contributed by atoms with Gasteiger partial charge in [-0.25, -0.2) is 9.78 Å². The van der Waals surface area contributed by atoms with E-state index in [2.05, 4.69) is 22.1 Å². The maximum absolute atomic E-state index is 11.7. The summed E-state index contributed by atoms with van der Waals surface area (Å²) in [4.78, 5) is 15.8. The van der Waals surface area contributed by atoms with Gasteiger partial charge < -0.3 is 19.9 Å². The Hall–Kier alpha value is -2.26. The van der Waals surface area contributed by atoms with Gasteiger partial charge in [-0.3, -0.25) is 0 Å². The van der Waals surface area contributed by atoms with Crippen LogP contribution in [0, 0.1) is 11.8 Å². The van der Waals surface area contributed by atoms with E-state index < -0.39 is 17.7 Å². The monoisotopic (exact) mass is 320 g/mol. The molecule has 1 amide bonds. The Kier molecular flexibility index (Phi) is 6.86. The van der Waals surface area contributed by atoms with Crippen molar-refractivity contribution in [3.63, 3.8) is 0 Å².